The van der Waals surface area contributed by atoms with Crippen LogP contribution in [0.4, 0.5) is 4.79 Å². The number of phenolic OH excluding ortho intramolecular Hbond substituents is 1. The van der Waals surface area contributed by atoms with Gasteiger partial charge >= 0.3 is 6.03 Å². The molecular formula is C23H20Cl3N3O7. The second-order valence-corrected chi connectivity index (χ2v) is 11.1. The van der Waals surface area contributed by atoms with E-state index in [1.165, 1.54) is 26.3 Å². The van der Waals surface area contributed by atoms with Crippen molar-refractivity contribution in [2.75, 3.05) is 14.2 Å². The smallest absolute Gasteiger partial charge is 0.328 e. The van der Waals surface area contributed by atoms with E-state index in [2.05, 4.69) is 0 Å². The summed E-state index contributed by atoms with van der Waals surface area (Å²) in [6.45, 7) is 0. The largest absolute Gasteiger partial charge is 0.503 e. The highest BCUT2D eigenvalue weighted by atomic mass is 35.5. The van der Waals surface area contributed by atoms with Crippen LogP contribution < -0.4 is 10.5 Å². The molecule has 3 fully saturated rings. The lowest BCUT2D eigenvalue weighted by molar-refractivity contribution is -0.139. The van der Waals surface area contributed by atoms with Crippen LogP contribution >= 0.6 is 34.8 Å². The van der Waals surface area contributed by atoms with Crippen LogP contribution in [0.1, 0.15) is 24.3 Å². The Kier molecular flexibility index (Phi) is 5.41. The molecule has 6 atom stereocenters. The van der Waals surface area contributed by atoms with Crippen LogP contribution in [0.2, 0.25) is 5.02 Å². The minimum absolute atomic E-state index is 0.00787. The zero-order chi connectivity index (χ0) is 26.5. The maximum absolute atomic E-state index is 13.5. The zero-order valence-corrected chi connectivity index (χ0v) is 21.2. The number of nitrogens with two attached hydrogens (primary N) is 1. The number of primary amides is 1. The number of urea groups is 1. The lowest BCUT2D eigenvalue weighted by Crippen LogP contribution is -2.60. The average molecular weight is 557 g/mol. The monoisotopic (exact) mass is 555 g/mol. The highest BCUT2D eigenvalue weighted by molar-refractivity contribution is 6.53. The number of phenols is 1. The van der Waals surface area contributed by atoms with Crippen LogP contribution in [0, 0.1) is 17.8 Å². The fraction of sp³-hybridized carbons (Fsp3) is 0.435. The van der Waals surface area contributed by atoms with Gasteiger partial charge in [0.15, 0.2) is 21.2 Å². The number of alkyl halides is 2. The SMILES string of the molecule is COc1cc(C2C3=CCC4C(=O)N(C(N)=O)C(=O)C4C3CC3(Cl)C(=O)N(C)C(=O)C23Cl)cc(Cl)c1O. The van der Waals surface area contributed by atoms with Gasteiger partial charge < -0.3 is 15.6 Å². The summed E-state index contributed by atoms with van der Waals surface area (Å²) in [5.41, 5.74) is 6.10. The first kappa shape index (κ1) is 24.9. The predicted molar refractivity (Wildman–Crippen MR) is 127 cm³/mol. The third kappa shape index (κ3) is 2.83. The van der Waals surface area contributed by atoms with E-state index in [4.69, 9.17) is 45.3 Å². The number of rotatable bonds is 2. The van der Waals surface area contributed by atoms with Crippen molar-refractivity contribution >= 4 is 64.5 Å². The number of carbonyl (C=O) groups is 5. The fourth-order valence-corrected chi connectivity index (χ4v) is 7.49. The first-order valence-electron chi connectivity index (χ1n) is 10.9. The number of likely N-dealkylation sites (tertiary alicyclic amines) is 2. The van der Waals surface area contributed by atoms with Gasteiger partial charge in [0, 0.05) is 13.0 Å². The molecule has 36 heavy (non-hydrogen) atoms. The highest BCUT2D eigenvalue weighted by Gasteiger charge is 2.76. The number of halogens is 3. The minimum atomic E-state index is -2.02. The van der Waals surface area contributed by atoms with E-state index < -0.39 is 63.1 Å². The van der Waals surface area contributed by atoms with E-state index in [0.29, 0.717) is 16.0 Å². The molecule has 2 aliphatic carbocycles. The number of amides is 6. The van der Waals surface area contributed by atoms with Crippen LogP contribution in [0.5, 0.6) is 11.5 Å². The molecule has 0 aromatic heterocycles. The van der Waals surface area contributed by atoms with Gasteiger partial charge in [-0.15, -0.1) is 23.2 Å². The Morgan fingerprint density at radius 3 is 2.42 bits per heavy atom. The summed E-state index contributed by atoms with van der Waals surface area (Å²) in [5, 5.41) is 10.2. The highest BCUT2D eigenvalue weighted by Crippen LogP contribution is 2.65. The molecule has 0 bridgehead atoms. The van der Waals surface area contributed by atoms with Gasteiger partial charge in [-0.1, -0.05) is 23.3 Å². The Morgan fingerprint density at radius 2 is 1.81 bits per heavy atom. The molecule has 2 saturated heterocycles. The number of hydrogen-bond donors (Lipinski definition) is 2. The topological polar surface area (TPSA) is 147 Å². The summed E-state index contributed by atoms with van der Waals surface area (Å²) in [5.74, 6) is -7.19. The van der Waals surface area contributed by atoms with Gasteiger partial charge in [0.25, 0.3) is 11.8 Å². The van der Waals surface area contributed by atoms with E-state index in [9.17, 15) is 29.1 Å². The number of aromatic hydroxyl groups is 1. The molecule has 13 heteroatoms. The average Bonchev–Trinajstić information content (AvgIpc) is 3.16. The molecule has 4 aliphatic rings. The van der Waals surface area contributed by atoms with Crippen LogP contribution in [-0.4, -0.2) is 68.5 Å². The first-order valence-corrected chi connectivity index (χ1v) is 12.1. The number of methoxy groups -OCH3 is 1. The van der Waals surface area contributed by atoms with E-state index in [1.807, 2.05) is 0 Å². The second-order valence-electron chi connectivity index (χ2n) is 9.40. The predicted octanol–water partition coefficient (Wildman–Crippen LogP) is 2.12. The Bertz CT molecular complexity index is 1320. The van der Waals surface area contributed by atoms with Crippen LogP contribution in [-0.2, 0) is 19.2 Å². The van der Waals surface area contributed by atoms with Crippen molar-refractivity contribution < 1.29 is 33.8 Å². The van der Waals surface area contributed by atoms with E-state index in [0.717, 1.165) is 4.90 Å². The number of carbonyl (C=O) groups excluding carboxylic acids is 5. The summed E-state index contributed by atoms with van der Waals surface area (Å²) in [6, 6.07) is 1.62. The molecule has 190 valence electrons. The Balaban J connectivity index is 1.76. The number of benzene rings is 1. The van der Waals surface area contributed by atoms with Crippen molar-refractivity contribution in [3.05, 3.63) is 34.4 Å². The molecule has 5 rings (SSSR count). The number of nitrogens with zero attached hydrogens (tertiary/aromatic N) is 2. The third-order valence-corrected chi connectivity index (χ3v) is 9.54. The Labute approximate surface area is 219 Å². The molecule has 3 N–H and O–H groups in total. The minimum Gasteiger partial charge on any atom is -0.503 e. The second kappa shape index (κ2) is 7.84. The van der Waals surface area contributed by atoms with Gasteiger partial charge in [-0.25, -0.2) is 4.79 Å². The van der Waals surface area contributed by atoms with Crippen molar-refractivity contribution in [3.8, 4) is 11.5 Å². The third-order valence-electron chi connectivity index (χ3n) is 7.84. The molecule has 1 aromatic rings. The van der Waals surface area contributed by atoms with Gasteiger partial charge in [-0.3, -0.25) is 24.1 Å². The maximum atomic E-state index is 13.5. The van der Waals surface area contributed by atoms with Crippen LogP contribution in [0.3, 0.4) is 0 Å². The number of allylic oxidation sites excluding steroid dienone is 2. The Hall–Kier alpha value is -2.82. The normalized spacial score (nSPS) is 35.4. The van der Waals surface area contributed by atoms with Gasteiger partial charge in [0.2, 0.25) is 11.8 Å². The first-order chi connectivity index (χ1) is 16.8. The van der Waals surface area contributed by atoms with Gasteiger partial charge in [-0.05, 0) is 36.5 Å². The van der Waals surface area contributed by atoms with E-state index in [-0.39, 0.29) is 29.4 Å². The summed E-state index contributed by atoms with van der Waals surface area (Å²) in [6.07, 6.45) is 1.53. The molecule has 2 aliphatic heterocycles. The van der Waals surface area contributed by atoms with Crippen LogP contribution in [0.25, 0.3) is 0 Å². The van der Waals surface area contributed by atoms with E-state index >= 15 is 0 Å². The number of imide groups is 4. The van der Waals surface area contributed by atoms with Crippen molar-refractivity contribution in [2.45, 2.75) is 28.5 Å². The van der Waals surface area contributed by atoms with Gasteiger partial charge in [0.05, 0.1) is 24.0 Å². The number of hydrogen-bond acceptors (Lipinski definition) is 7. The molecule has 1 saturated carbocycles. The lowest BCUT2D eigenvalue weighted by atomic mass is 9.56. The number of ether oxygens (including phenoxy) is 1. The standard InChI is InChI=1S/C23H20Cl3N3O7/c1-28-19(33)22(25)7-11-9(3-4-10-14(11)18(32)29(17(10)31)21(27)35)15(23(22,26)20(28)34)8-5-12(24)16(30)13(6-8)36-2/h3,5-6,10-11,14-15,30H,4,7H2,1-2H3,(H2,27,35). The molecule has 0 radical (unpaired) electrons. The molecule has 2 heterocycles. The van der Waals surface area contributed by atoms with Gasteiger partial charge in [0.1, 0.15) is 0 Å². The van der Waals surface area contributed by atoms with Crippen molar-refractivity contribution in [2.24, 2.45) is 23.5 Å². The maximum Gasteiger partial charge on any atom is 0.328 e. The molecule has 6 amide bonds. The molecule has 1 aromatic carbocycles. The lowest BCUT2D eigenvalue weighted by Gasteiger charge is -2.50. The molecular weight excluding hydrogens is 537 g/mol. The van der Waals surface area contributed by atoms with Gasteiger partial charge in [-0.2, -0.15) is 4.90 Å². The Morgan fingerprint density at radius 1 is 1.14 bits per heavy atom. The van der Waals surface area contributed by atoms with Crippen molar-refractivity contribution in [3.63, 3.8) is 0 Å². The molecule has 0 spiro atoms. The summed E-state index contributed by atoms with van der Waals surface area (Å²) in [4.78, 5) is 62.0. The molecule has 10 nitrogen and oxygen atoms in total. The number of fused-ring (bicyclic) bond motifs is 4. The van der Waals surface area contributed by atoms with Crippen LogP contribution in [0.15, 0.2) is 23.8 Å². The molecule has 6 unspecified atom stereocenters. The van der Waals surface area contributed by atoms with E-state index in [1.54, 1.807) is 6.08 Å². The van der Waals surface area contributed by atoms with Crippen molar-refractivity contribution in [1.82, 2.24) is 9.80 Å². The summed E-state index contributed by atoms with van der Waals surface area (Å²) < 4.78 is 5.22. The zero-order valence-electron chi connectivity index (χ0n) is 19.0. The summed E-state index contributed by atoms with van der Waals surface area (Å²) in [7, 11) is 2.57. The van der Waals surface area contributed by atoms with Crippen molar-refractivity contribution in [1.29, 1.82) is 0 Å². The fourth-order valence-electron chi connectivity index (χ4n) is 6.25. The summed E-state index contributed by atoms with van der Waals surface area (Å²) >= 11 is 20.3. The quantitative estimate of drug-likeness (QED) is 0.322.